The van der Waals surface area contributed by atoms with Crippen LogP contribution < -0.4 is 20.4 Å². The Hall–Kier alpha value is -1.71. The molecule has 1 aromatic rings. The van der Waals surface area contributed by atoms with Gasteiger partial charge in [-0.05, 0) is 25.1 Å². The van der Waals surface area contributed by atoms with Gasteiger partial charge in [0.05, 0.1) is 26.4 Å². The summed E-state index contributed by atoms with van der Waals surface area (Å²) in [6.07, 6.45) is 7.54. The topological polar surface area (TPSA) is 74.8 Å². The minimum Gasteiger partial charge on any atom is -0.378 e. The molecule has 0 spiro atoms. The van der Waals surface area contributed by atoms with E-state index in [9.17, 15) is 0 Å². The monoisotopic (exact) mass is 420 g/mol. The third-order valence-electron chi connectivity index (χ3n) is 5.78. The summed E-state index contributed by atoms with van der Waals surface area (Å²) < 4.78 is 11.0. The molecule has 4 rings (SSSR count). The third kappa shape index (κ3) is 5.90. The smallest absolute Gasteiger partial charge is 0.232 e. The predicted octanol–water partition coefficient (Wildman–Crippen LogP) is 2.16. The van der Waals surface area contributed by atoms with Crippen molar-refractivity contribution < 1.29 is 9.47 Å². The number of hydrogen-bond donors (Lipinski definition) is 2. The van der Waals surface area contributed by atoms with E-state index in [0.717, 1.165) is 64.2 Å². The molecule has 3 heterocycles. The minimum absolute atomic E-state index is 0.443. The van der Waals surface area contributed by atoms with Crippen LogP contribution in [0.3, 0.4) is 0 Å². The van der Waals surface area contributed by atoms with Gasteiger partial charge < -0.3 is 29.9 Å². The van der Waals surface area contributed by atoms with E-state index in [2.05, 4.69) is 26.5 Å². The molecule has 2 aliphatic heterocycles. The molecule has 9 heteroatoms. The SMILES string of the molecule is S=C(Nc1nc(N2CCOCC2)cc(N2CCOCC2)n1)NC1CCCCCC1. The Bertz CT molecular complexity index is 635. The van der Waals surface area contributed by atoms with Crippen LogP contribution in [0.4, 0.5) is 17.6 Å². The molecule has 1 aliphatic carbocycles. The van der Waals surface area contributed by atoms with Crippen molar-refractivity contribution in [3.8, 4) is 0 Å². The van der Waals surface area contributed by atoms with E-state index in [1.54, 1.807) is 0 Å². The second-order valence-corrected chi connectivity index (χ2v) is 8.30. The van der Waals surface area contributed by atoms with Crippen molar-refractivity contribution in [2.45, 2.75) is 44.6 Å². The van der Waals surface area contributed by atoms with E-state index in [0.29, 0.717) is 17.1 Å². The molecular weight excluding hydrogens is 388 g/mol. The summed E-state index contributed by atoms with van der Waals surface area (Å²) in [4.78, 5) is 14.0. The fourth-order valence-corrected chi connectivity index (χ4v) is 4.39. The van der Waals surface area contributed by atoms with Gasteiger partial charge in [-0.1, -0.05) is 25.7 Å². The normalized spacial score (nSPS) is 21.5. The van der Waals surface area contributed by atoms with Crippen LogP contribution in [0, 0.1) is 0 Å². The van der Waals surface area contributed by atoms with E-state index >= 15 is 0 Å². The summed E-state index contributed by atoms with van der Waals surface area (Å²) in [6, 6.07) is 2.52. The summed E-state index contributed by atoms with van der Waals surface area (Å²) >= 11 is 5.59. The zero-order valence-electron chi connectivity index (χ0n) is 17.1. The summed E-state index contributed by atoms with van der Waals surface area (Å²) in [5.74, 6) is 2.40. The van der Waals surface area contributed by atoms with Gasteiger partial charge in [-0.25, -0.2) is 0 Å². The van der Waals surface area contributed by atoms with Gasteiger partial charge in [0.25, 0.3) is 0 Å². The molecule has 1 aromatic heterocycles. The summed E-state index contributed by atoms with van der Waals surface area (Å²) in [5.41, 5.74) is 0. The molecule has 0 atom stereocenters. The average molecular weight is 421 g/mol. The maximum Gasteiger partial charge on any atom is 0.232 e. The predicted molar refractivity (Wildman–Crippen MR) is 119 cm³/mol. The number of thiocarbonyl (C=S) groups is 1. The first-order chi connectivity index (χ1) is 14.3. The first kappa shape index (κ1) is 20.6. The number of ether oxygens (including phenoxy) is 2. The molecule has 0 radical (unpaired) electrons. The number of aromatic nitrogens is 2. The Balaban J connectivity index is 1.48. The zero-order valence-corrected chi connectivity index (χ0v) is 17.9. The number of nitrogens with zero attached hydrogens (tertiary/aromatic N) is 4. The molecule has 8 nitrogen and oxygen atoms in total. The maximum absolute atomic E-state index is 5.59. The fraction of sp³-hybridized carbons (Fsp3) is 0.750. The molecule has 2 saturated heterocycles. The second kappa shape index (κ2) is 10.4. The number of hydrogen-bond acceptors (Lipinski definition) is 7. The molecule has 2 N–H and O–H groups in total. The van der Waals surface area contributed by atoms with Gasteiger partial charge in [0.1, 0.15) is 11.6 Å². The van der Waals surface area contributed by atoms with E-state index in [4.69, 9.17) is 31.7 Å². The van der Waals surface area contributed by atoms with Gasteiger partial charge in [0, 0.05) is 38.3 Å². The molecule has 1 saturated carbocycles. The Kier molecular flexibility index (Phi) is 7.34. The van der Waals surface area contributed by atoms with Crippen molar-refractivity contribution >= 4 is 34.9 Å². The fourth-order valence-electron chi connectivity index (χ4n) is 4.13. The van der Waals surface area contributed by atoms with E-state index in [-0.39, 0.29) is 0 Å². The lowest BCUT2D eigenvalue weighted by Gasteiger charge is -2.31. The number of rotatable bonds is 4. The lowest BCUT2D eigenvalue weighted by molar-refractivity contribution is 0.122. The van der Waals surface area contributed by atoms with Crippen molar-refractivity contribution in [1.29, 1.82) is 0 Å². The first-order valence-electron chi connectivity index (χ1n) is 10.9. The lowest BCUT2D eigenvalue weighted by atomic mass is 10.1. The van der Waals surface area contributed by atoms with Gasteiger partial charge in [0.15, 0.2) is 5.11 Å². The first-order valence-corrected chi connectivity index (χ1v) is 11.3. The molecule has 0 bridgehead atoms. The Morgan fingerprint density at radius 1 is 0.862 bits per heavy atom. The molecule has 160 valence electrons. The summed E-state index contributed by atoms with van der Waals surface area (Å²) in [7, 11) is 0. The Morgan fingerprint density at radius 3 is 1.90 bits per heavy atom. The van der Waals surface area contributed by atoms with Crippen LogP contribution in [0.15, 0.2) is 6.07 Å². The van der Waals surface area contributed by atoms with Crippen molar-refractivity contribution in [2.75, 3.05) is 67.7 Å². The zero-order chi connectivity index (χ0) is 19.9. The van der Waals surface area contributed by atoms with Crippen LogP contribution in [0.5, 0.6) is 0 Å². The van der Waals surface area contributed by atoms with Crippen molar-refractivity contribution in [1.82, 2.24) is 15.3 Å². The number of morpholine rings is 2. The highest BCUT2D eigenvalue weighted by Crippen LogP contribution is 2.23. The lowest BCUT2D eigenvalue weighted by Crippen LogP contribution is -2.40. The Labute approximate surface area is 178 Å². The quantitative estimate of drug-likeness (QED) is 0.563. The van der Waals surface area contributed by atoms with E-state index in [1.807, 2.05) is 0 Å². The van der Waals surface area contributed by atoms with Gasteiger partial charge in [-0.2, -0.15) is 9.97 Å². The van der Waals surface area contributed by atoms with Gasteiger partial charge in [-0.15, -0.1) is 0 Å². The van der Waals surface area contributed by atoms with Gasteiger partial charge in [-0.3, -0.25) is 0 Å². The van der Waals surface area contributed by atoms with Crippen LogP contribution in [0.2, 0.25) is 0 Å². The highest BCUT2D eigenvalue weighted by atomic mass is 32.1. The van der Waals surface area contributed by atoms with E-state index in [1.165, 1.54) is 38.5 Å². The van der Waals surface area contributed by atoms with Crippen LogP contribution in [-0.2, 0) is 9.47 Å². The van der Waals surface area contributed by atoms with Crippen molar-refractivity contribution in [3.05, 3.63) is 6.07 Å². The Morgan fingerprint density at radius 2 is 1.38 bits per heavy atom. The minimum atomic E-state index is 0.443. The van der Waals surface area contributed by atoms with Crippen molar-refractivity contribution in [3.63, 3.8) is 0 Å². The van der Waals surface area contributed by atoms with Gasteiger partial charge >= 0.3 is 0 Å². The molecule has 0 amide bonds. The average Bonchev–Trinajstić information content (AvgIpc) is 3.03. The highest BCUT2D eigenvalue weighted by molar-refractivity contribution is 7.80. The summed E-state index contributed by atoms with van der Waals surface area (Å²) in [5, 5.41) is 7.34. The van der Waals surface area contributed by atoms with Crippen molar-refractivity contribution in [2.24, 2.45) is 0 Å². The molecule has 3 aliphatic rings. The third-order valence-corrected chi connectivity index (χ3v) is 6.00. The molecule has 0 aromatic carbocycles. The van der Waals surface area contributed by atoms with Crippen LogP contribution in [0.1, 0.15) is 38.5 Å². The molecule has 0 unspecified atom stereocenters. The second-order valence-electron chi connectivity index (χ2n) is 7.89. The van der Waals surface area contributed by atoms with Crippen LogP contribution in [-0.4, -0.2) is 73.7 Å². The molecule has 29 heavy (non-hydrogen) atoms. The standard InChI is InChI=1S/C20H32N6O2S/c29-20(21-16-5-3-1-2-4-6-16)24-19-22-17(25-7-11-27-12-8-25)15-18(23-19)26-9-13-28-14-10-26/h15-16H,1-14H2,(H2,21,22,23,24,29). The summed E-state index contributed by atoms with van der Waals surface area (Å²) in [6.45, 7) is 6.24. The van der Waals surface area contributed by atoms with Crippen LogP contribution in [0.25, 0.3) is 0 Å². The highest BCUT2D eigenvalue weighted by Gasteiger charge is 2.20. The number of nitrogens with one attached hydrogen (secondary N) is 2. The van der Waals surface area contributed by atoms with Gasteiger partial charge in [0.2, 0.25) is 5.95 Å². The molecular formula is C20H32N6O2S. The van der Waals surface area contributed by atoms with Crippen LogP contribution >= 0.6 is 12.2 Å². The van der Waals surface area contributed by atoms with E-state index < -0.39 is 0 Å². The molecule has 3 fully saturated rings. The largest absolute Gasteiger partial charge is 0.378 e. The number of anilines is 3. The maximum atomic E-state index is 5.59.